The molecule has 2 N–H and O–H groups in total. The van der Waals surface area contributed by atoms with Crippen LogP contribution in [-0.2, 0) is 14.3 Å². The molecule has 2 aliphatic carbocycles. The Kier molecular flexibility index (Phi) is 7.00. The van der Waals surface area contributed by atoms with Gasteiger partial charge in [-0.05, 0) is 41.0 Å². The topological polar surface area (TPSA) is 95.9 Å². The molecule has 0 bridgehead atoms. The standard InChI is InChI=1S/C27H30N2O5S/c30-25(29-12-13-35-16-24(29)26(31)32)14-17-6-5-11-23(17)28-27(33)34-15-22-20-9-3-1-7-18(20)19-8-2-4-10-21(19)22/h1-4,7-10,17,22-24H,5-6,11-16H2,(H,28,33)(H,31,32). The summed E-state index contributed by atoms with van der Waals surface area (Å²) < 4.78 is 5.69. The fourth-order valence-corrected chi connectivity index (χ4v) is 6.75. The second kappa shape index (κ2) is 10.3. The number of fused-ring (bicyclic) bond motifs is 3. The number of amides is 2. The van der Waals surface area contributed by atoms with Crippen molar-refractivity contribution in [2.24, 2.45) is 5.92 Å². The molecule has 3 atom stereocenters. The summed E-state index contributed by atoms with van der Waals surface area (Å²) in [5.74, 6) is 0.0784. The molecule has 1 saturated carbocycles. The number of carboxylic acids is 1. The summed E-state index contributed by atoms with van der Waals surface area (Å²) in [5, 5.41) is 12.5. The van der Waals surface area contributed by atoms with Crippen molar-refractivity contribution >= 4 is 29.7 Å². The highest BCUT2D eigenvalue weighted by Gasteiger charge is 2.37. The number of thioether (sulfide) groups is 1. The summed E-state index contributed by atoms with van der Waals surface area (Å²) in [6.07, 6.45) is 2.34. The van der Waals surface area contributed by atoms with Gasteiger partial charge in [-0.1, -0.05) is 55.0 Å². The lowest BCUT2D eigenvalue weighted by Crippen LogP contribution is -2.51. The second-order valence-electron chi connectivity index (χ2n) is 9.49. The van der Waals surface area contributed by atoms with Gasteiger partial charge in [-0.3, -0.25) is 4.79 Å². The number of hydrogen-bond donors (Lipinski definition) is 2. The van der Waals surface area contributed by atoms with E-state index < -0.39 is 18.1 Å². The number of ether oxygens (including phenoxy) is 1. The Morgan fingerprint density at radius 2 is 1.71 bits per heavy atom. The van der Waals surface area contributed by atoms with Gasteiger partial charge in [-0.15, -0.1) is 0 Å². The molecule has 2 amide bonds. The molecule has 2 fully saturated rings. The molecule has 2 aromatic rings. The van der Waals surface area contributed by atoms with E-state index in [9.17, 15) is 19.5 Å². The number of nitrogens with one attached hydrogen (secondary N) is 1. The third-order valence-electron chi connectivity index (χ3n) is 7.48. The van der Waals surface area contributed by atoms with Crippen molar-refractivity contribution < 1.29 is 24.2 Å². The van der Waals surface area contributed by atoms with E-state index in [1.54, 1.807) is 11.8 Å². The Morgan fingerprint density at radius 1 is 1.03 bits per heavy atom. The highest BCUT2D eigenvalue weighted by molar-refractivity contribution is 7.99. The molecule has 2 aromatic carbocycles. The molecule has 1 saturated heterocycles. The van der Waals surface area contributed by atoms with Crippen LogP contribution in [-0.4, -0.2) is 64.7 Å². The summed E-state index contributed by atoms with van der Waals surface area (Å²) in [6, 6.07) is 15.5. The van der Waals surface area contributed by atoms with Crippen molar-refractivity contribution in [2.45, 2.75) is 43.7 Å². The first-order valence-electron chi connectivity index (χ1n) is 12.2. The predicted molar refractivity (Wildman–Crippen MR) is 134 cm³/mol. The number of nitrogens with zero attached hydrogens (tertiary/aromatic N) is 1. The second-order valence-corrected chi connectivity index (χ2v) is 10.6. The van der Waals surface area contributed by atoms with Crippen LogP contribution in [0.1, 0.15) is 42.7 Å². The van der Waals surface area contributed by atoms with Crippen molar-refractivity contribution in [3.8, 4) is 11.1 Å². The molecule has 3 aliphatic rings. The molecule has 8 heteroatoms. The number of rotatable bonds is 6. The van der Waals surface area contributed by atoms with Crippen LogP contribution in [0.3, 0.4) is 0 Å². The molecule has 7 nitrogen and oxygen atoms in total. The highest BCUT2D eigenvalue weighted by atomic mass is 32.2. The lowest BCUT2D eigenvalue weighted by Gasteiger charge is -2.34. The number of carbonyl (C=O) groups is 3. The van der Waals surface area contributed by atoms with Crippen molar-refractivity contribution in [2.75, 3.05) is 24.7 Å². The van der Waals surface area contributed by atoms with Crippen LogP contribution in [0, 0.1) is 5.92 Å². The molecule has 184 valence electrons. The first kappa shape index (κ1) is 23.7. The van der Waals surface area contributed by atoms with Gasteiger partial charge >= 0.3 is 12.1 Å². The van der Waals surface area contributed by atoms with Gasteiger partial charge in [0.25, 0.3) is 0 Å². The summed E-state index contributed by atoms with van der Waals surface area (Å²) >= 11 is 1.56. The van der Waals surface area contributed by atoms with E-state index in [0.717, 1.165) is 25.0 Å². The van der Waals surface area contributed by atoms with Gasteiger partial charge in [-0.2, -0.15) is 11.8 Å². The molecule has 1 aliphatic heterocycles. The normalized spacial score (nSPS) is 23.4. The van der Waals surface area contributed by atoms with Crippen LogP contribution in [0.5, 0.6) is 0 Å². The van der Waals surface area contributed by atoms with Crippen molar-refractivity contribution in [3.05, 3.63) is 59.7 Å². The van der Waals surface area contributed by atoms with Gasteiger partial charge in [0.1, 0.15) is 12.6 Å². The van der Waals surface area contributed by atoms with E-state index in [1.165, 1.54) is 27.2 Å². The van der Waals surface area contributed by atoms with Crippen LogP contribution in [0.25, 0.3) is 11.1 Å². The minimum atomic E-state index is -0.953. The lowest BCUT2D eigenvalue weighted by molar-refractivity contribution is -0.149. The fraction of sp³-hybridized carbons (Fsp3) is 0.444. The molecule has 0 aromatic heterocycles. The predicted octanol–water partition coefficient (Wildman–Crippen LogP) is 4.11. The Labute approximate surface area is 209 Å². The number of hydrogen-bond acceptors (Lipinski definition) is 5. The van der Waals surface area contributed by atoms with Crippen molar-refractivity contribution in [3.63, 3.8) is 0 Å². The molecular weight excluding hydrogens is 464 g/mol. The maximum atomic E-state index is 12.9. The number of alkyl carbamates (subject to hydrolysis) is 1. The minimum Gasteiger partial charge on any atom is -0.480 e. The quantitative estimate of drug-likeness (QED) is 0.628. The lowest BCUT2D eigenvalue weighted by atomic mass is 9.98. The Balaban J connectivity index is 1.18. The molecule has 1 heterocycles. The first-order valence-corrected chi connectivity index (χ1v) is 13.4. The molecule has 5 rings (SSSR count). The van der Waals surface area contributed by atoms with Crippen LogP contribution in [0.15, 0.2) is 48.5 Å². The Morgan fingerprint density at radius 3 is 2.40 bits per heavy atom. The molecular formula is C27H30N2O5S. The Bertz CT molecular complexity index is 1080. The van der Waals surface area contributed by atoms with Crippen LogP contribution >= 0.6 is 11.8 Å². The van der Waals surface area contributed by atoms with E-state index in [1.807, 2.05) is 24.3 Å². The van der Waals surface area contributed by atoms with Gasteiger partial charge in [0.05, 0.1) is 0 Å². The summed E-state index contributed by atoms with van der Waals surface area (Å²) in [5.41, 5.74) is 4.70. The SMILES string of the molecule is O=C(NC1CCCC1CC(=O)N1CCSCC1C(=O)O)OCC1c2ccccc2-c2ccccc21. The first-order chi connectivity index (χ1) is 17.0. The molecule has 35 heavy (non-hydrogen) atoms. The zero-order valence-corrected chi connectivity index (χ0v) is 20.3. The summed E-state index contributed by atoms with van der Waals surface area (Å²) in [7, 11) is 0. The highest BCUT2D eigenvalue weighted by Crippen LogP contribution is 2.44. The minimum absolute atomic E-state index is 0.000902. The van der Waals surface area contributed by atoms with Crippen LogP contribution < -0.4 is 5.32 Å². The van der Waals surface area contributed by atoms with Gasteiger partial charge in [-0.25, -0.2) is 9.59 Å². The maximum Gasteiger partial charge on any atom is 0.407 e. The van der Waals surface area contributed by atoms with E-state index in [0.29, 0.717) is 12.3 Å². The van der Waals surface area contributed by atoms with Crippen LogP contribution in [0.4, 0.5) is 4.79 Å². The third kappa shape index (κ3) is 4.89. The maximum absolute atomic E-state index is 12.9. The molecule has 0 radical (unpaired) electrons. The average molecular weight is 495 g/mol. The van der Waals surface area contributed by atoms with Gasteiger partial charge in [0, 0.05) is 36.4 Å². The van der Waals surface area contributed by atoms with Gasteiger partial charge in [0.15, 0.2) is 0 Å². The van der Waals surface area contributed by atoms with E-state index in [2.05, 4.69) is 29.6 Å². The van der Waals surface area contributed by atoms with Gasteiger partial charge in [0.2, 0.25) is 5.91 Å². The summed E-state index contributed by atoms with van der Waals surface area (Å²) in [4.78, 5) is 38.8. The summed E-state index contributed by atoms with van der Waals surface area (Å²) in [6.45, 7) is 0.708. The largest absolute Gasteiger partial charge is 0.480 e. The van der Waals surface area contributed by atoms with Gasteiger partial charge < -0.3 is 20.1 Å². The van der Waals surface area contributed by atoms with Crippen molar-refractivity contribution in [1.29, 1.82) is 0 Å². The van der Waals surface area contributed by atoms with Crippen molar-refractivity contribution in [1.82, 2.24) is 10.2 Å². The Hall–Kier alpha value is -3.00. The number of aliphatic carboxylic acids is 1. The number of carboxylic acid groups (broad SMARTS) is 1. The number of benzene rings is 2. The van der Waals surface area contributed by atoms with E-state index in [-0.39, 0.29) is 36.8 Å². The third-order valence-corrected chi connectivity index (χ3v) is 8.50. The average Bonchev–Trinajstić information content (AvgIpc) is 3.44. The zero-order valence-electron chi connectivity index (χ0n) is 19.5. The van der Waals surface area contributed by atoms with E-state index in [4.69, 9.17) is 4.74 Å². The number of carbonyl (C=O) groups excluding carboxylic acids is 2. The molecule has 0 spiro atoms. The smallest absolute Gasteiger partial charge is 0.407 e. The monoisotopic (exact) mass is 494 g/mol. The van der Waals surface area contributed by atoms with E-state index >= 15 is 0 Å². The molecule has 3 unspecified atom stereocenters. The zero-order chi connectivity index (χ0) is 24.4. The fourth-order valence-electron chi connectivity index (χ4n) is 5.71. The van der Waals surface area contributed by atoms with Crippen LogP contribution in [0.2, 0.25) is 0 Å².